The molecule has 4 heteroatoms. The molecule has 0 atom stereocenters. The van der Waals surface area contributed by atoms with Crippen LogP contribution in [0.5, 0.6) is 5.75 Å². The Bertz CT molecular complexity index is 439. The van der Waals surface area contributed by atoms with Crippen LogP contribution in [-0.2, 0) is 16.0 Å². The second-order valence-corrected chi connectivity index (χ2v) is 5.05. The molecule has 0 bridgehead atoms. The average Bonchev–Trinajstić information content (AvgIpc) is 2.48. The molecule has 2 rings (SSSR count). The Hall–Kier alpha value is -1.39. The second kappa shape index (κ2) is 6.17. The Morgan fingerprint density at radius 3 is 2.79 bits per heavy atom. The highest BCUT2D eigenvalue weighted by Crippen LogP contribution is 2.31. The first-order valence-electron chi connectivity index (χ1n) is 6.64. The highest BCUT2D eigenvalue weighted by atomic mass is 16.5. The summed E-state index contributed by atoms with van der Waals surface area (Å²) in [5.41, 5.74) is 6.42. The lowest BCUT2D eigenvalue weighted by Crippen LogP contribution is -2.44. The maximum atomic E-state index is 12.5. The van der Waals surface area contributed by atoms with Crippen LogP contribution in [0.3, 0.4) is 0 Å². The van der Waals surface area contributed by atoms with Crippen LogP contribution in [-0.4, -0.2) is 32.7 Å². The number of ketones is 1. The van der Waals surface area contributed by atoms with E-state index in [0.717, 1.165) is 24.2 Å². The average molecular weight is 263 g/mol. The maximum Gasteiger partial charge on any atom is 0.144 e. The lowest BCUT2D eigenvalue weighted by atomic mass is 9.74. The van der Waals surface area contributed by atoms with Gasteiger partial charge in [-0.05, 0) is 30.5 Å². The highest BCUT2D eigenvalue weighted by Gasteiger charge is 2.38. The molecule has 19 heavy (non-hydrogen) atoms. The van der Waals surface area contributed by atoms with Gasteiger partial charge in [-0.15, -0.1) is 0 Å². The minimum absolute atomic E-state index is 0.214. The third-order valence-corrected chi connectivity index (χ3v) is 3.93. The summed E-state index contributed by atoms with van der Waals surface area (Å²) >= 11 is 0. The number of carbonyl (C=O) groups excluding carboxylic acids is 1. The molecule has 1 aliphatic heterocycles. The van der Waals surface area contributed by atoms with Gasteiger partial charge in [0.25, 0.3) is 0 Å². The van der Waals surface area contributed by atoms with Gasteiger partial charge in [0.2, 0.25) is 0 Å². The molecule has 104 valence electrons. The number of benzene rings is 1. The van der Waals surface area contributed by atoms with E-state index in [1.165, 1.54) is 0 Å². The summed E-state index contributed by atoms with van der Waals surface area (Å²) in [5.74, 6) is 0.991. The molecular formula is C15H21NO3. The number of rotatable bonds is 5. The molecule has 0 unspecified atom stereocenters. The summed E-state index contributed by atoms with van der Waals surface area (Å²) in [6, 6.07) is 7.63. The zero-order valence-corrected chi connectivity index (χ0v) is 11.4. The Labute approximate surface area is 113 Å². The minimum atomic E-state index is -0.401. The SMILES string of the molecule is COc1cccc(CC(=O)C2(CN)CCOCC2)c1. The zero-order chi connectivity index (χ0) is 13.7. The van der Waals surface area contributed by atoms with E-state index in [1.54, 1.807) is 7.11 Å². The van der Waals surface area contributed by atoms with Crippen molar-refractivity contribution in [3.8, 4) is 5.75 Å². The number of nitrogens with two attached hydrogens (primary N) is 1. The summed E-state index contributed by atoms with van der Waals surface area (Å²) < 4.78 is 10.5. The maximum absolute atomic E-state index is 12.5. The number of carbonyl (C=O) groups is 1. The molecule has 0 aromatic heterocycles. The van der Waals surface area contributed by atoms with Crippen LogP contribution in [0.25, 0.3) is 0 Å². The van der Waals surface area contributed by atoms with Crippen molar-refractivity contribution in [2.75, 3.05) is 26.9 Å². The highest BCUT2D eigenvalue weighted by molar-refractivity contribution is 5.87. The van der Waals surface area contributed by atoms with Crippen molar-refractivity contribution in [3.05, 3.63) is 29.8 Å². The Balaban J connectivity index is 2.10. The van der Waals surface area contributed by atoms with Crippen LogP contribution < -0.4 is 10.5 Å². The van der Waals surface area contributed by atoms with Crippen LogP contribution in [0, 0.1) is 5.41 Å². The molecule has 0 saturated carbocycles. The third-order valence-electron chi connectivity index (χ3n) is 3.93. The van der Waals surface area contributed by atoms with Gasteiger partial charge in [-0.2, -0.15) is 0 Å². The predicted molar refractivity (Wildman–Crippen MR) is 73.2 cm³/mol. The van der Waals surface area contributed by atoms with Crippen molar-refractivity contribution in [2.45, 2.75) is 19.3 Å². The fraction of sp³-hybridized carbons (Fsp3) is 0.533. The molecule has 1 saturated heterocycles. The number of hydrogen-bond acceptors (Lipinski definition) is 4. The summed E-state index contributed by atoms with van der Waals surface area (Å²) in [4.78, 5) is 12.5. The third kappa shape index (κ3) is 3.14. The van der Waals surface area contributed by atoms with E-state index in [-0.39, 0.29) is 5.78 Å². The smallest absolute Gasteiger partial charge is 0.144 e. The van der Waals surface area contributed by atoms with Crippen LogP contribution in [0.4, 0.5) is 0 Å². The van der Waals surface area contributed by atoms with Gasteiger partial charge in [0.05, 0.1) is 7.11 Å². The first kappa shape index (κ1) is 14.0. The number of hydrogen-bond donors (Lipinski definition) is 1. The standard InChI is InChI=1S/C15H21NO3/c1-18-13-4-2-3-12(9-13)10-14(17)15(11-16)5-7-19-8-6-15/h2-4,9H,5-8,10-11,16H2,1H3. The molecule has 1 aromatic carbocycles. The van der Waals surface area contributed by atoms with E-state index in [2.05, 4.69) is 0 Å². The van der Waals surface area contributed by atoms with E-state index in [9.17, 15) is 4.79 Å². The Morgan fingerprint density at radius 2 is 2.16 bits per heavy atom. The first-order chi connectivity index (χ1) is 9.20. The summed E-state index contributed by atoms with van der Waals surface area (Å²) in [5, 5.41) is 0. The van der Waals surface area contributed by atoms with Gasteiger partial charge in [0, 0.05) is 31.6 Å². The summed E-state index contributed by atoms with van der Waals surface area (Å²) in [6.07, 6.45) is 1.87. The lowest BCUT2D eigenvalue weighted by Gasteiger charge is -2.34. The van der Waals surface area contributed by atoms with Gasteiger partial charge >= 0.3 is 0 Å². The van der Waals surface area contributed by atoms with Crippen LogP contribution >= 0.6 is 0 Å². The molecule has 0 aliphatic carbocycles. The van der Waals surface area contributed by atoms with Crippen molar-refractivity contribution in [1.82, 2.24) is 0 Å². The molecular weight excluding hydrogens is 242 g/mol. The number of Topliss-reactive ketones (excluding diaryl/α,β-unsaturated/α-hetero) is 1. The van der Waals surface area contributed by atoms with Crippen molar-refractivity contribution < 1.29 is 14.3 Å². The normalized spacial score (nSPS) is 18.0. The Kier molecular flexibility index (Phi) is 4.56. The predicted octanol–water partition coefficient (Wildman–Crippen LogP) is 1.56. The lowest BCUT2D eigenvalue weighted by molar-refractivity contribution is -0.132. The molecule has 1 fully saturated rings. The van der Waals surface area contributed by atoms with E-state index < -0.39 is 5.41 Å². The van der Waals surface area contributed by atoms with Crippen molar-refractivity contribution in [2.24, 2.45) is 11.1 Å². The fourth-order valence-corrected chi connectivity index (χ4v) is 2.51. The molecule has 1 aromatic rings. The largest absolute Gasteiger partial charge is 0.497 e. The quantitative estimate of drug-likeness (QED) is 0.875. The van der Waals surface area contributed by atoms with Gasteiger partial charge in [0.15, 0.2) is 0 Å². The van der Waals surface area contributed by atoms with E-state index in [4.69, 9.17) is 15.2 Å². The summed E-state index contributed by atoms with van der Waals surface area (Å²) in [7, 11) is 1.63. The monoisotopic (exact) mass is 263 g/mol. The molecule has 4 nitrogen and oxygen atoms in total. The first-order valence-corrected chi connectivity index (χ1v) is 6.64. The van der Waals surface area contributed by atoms with Gasteiger partial charge in [0.1, 0.15) is 11.5 Å². The second-order valence-electron chi connectivity index (χ2n) is 5.05. The molecule has 0 amide bonds. The van der Waals surface area contributed by atoms with Crippen molar-refractivity contribution in [1.29, 1.82) is 0 Å². The summed E-state index contributed by atoms with van der Waals surface area (Å²) in [6.45, 7) is 1.65. The molecule has 0 spiro atoms. The van der Waals surface area contributed by atoms with E-state index in [0.29, 0.717) is 26.2 Å². The number of ether oxygens (including phenoxy) is 2. The Morgan fingerprint density at radius 1 is 1.42 bits per heavy atom. The number of methoxy groups -OCH3 is 1. The van der Waals surface area contributed by atoms with Crippen LogP contribution in [0.15, 0.2) is 24.3 Å². The van der Waals surface area contributed by atoms with Crippen molar-refractivity contribution >= 4 is 5.78 Å². The topological polar surface area (TPSA) is 61.5 Å². The van der Waals surface area contributed by atoms with E-state index in [1.807, 2.05) is 24.3 Å². The zero-order valence-electron chi connectivity index (χ0n) is 11.4. The van der Waals surface area contributed by atoms with Gasteiger partial charge in [-0.1, -0.05) is 12.1 Å². The molecule has 0 radical (unpaired) electrons. The van der Waals surface area contributed by atoms with Gasteiger partial charge < -0.3 is 15.2 Å². The van der Waals surface area contributed by atoms with Crippen molar-refractivity contribution in [3.63, 3.8) is 0 Å². The molecule has 1 heterocycles. The van der Waals surface area contributed by atoms with E-state index >= 15 is 0 Å². The fourth-order valence-electron chi connectivity index (χ4n) is 2.51. The van der Waals surface area contributed by atoms with Crippen LogP contribution in [0.1, 0.15) is 18.4 Å². The molecule has 1 aliphatic rings. The molecule has 2 N–H and O–H groups in total. The van der Waals surface area contributed by atoms with Crippen LogP contribution in [0.2, 0.25) is 0 Å². The van der Waals surface area contributed by atoms with Gasteiger partial charge in [-0.3, -0.25) is 4.79 Å². The van der Waals surface area contributed by atoms with Gasteiger partial charge in [-0.25, -0.2) is 0 Å². The minimum Gasteiger partial charge on any atom is -0.497 e.